The largest absolute Gasteiger partial charge is 0.496 e. The van der Waals surface area contributed by atoms with Crippen molar-refractivity contribution in [2.75, 3.05) is 53.2 Å². The number of ether oxygens (including phenoxy) is 5. The monoisotopic (exact) mass is 479 g/mol. The first-order valence-corrected chi connectivity index (χ1v) is 12.2. The van der Waals surface area contributed by atoms with Gasteiger partial charge in [0.15, 0.2) is 0 Å². The van der Waals surface area contributed by atoms with Crippen LogP contribution in [0.1, 0.15) is 23.7 Å². The molecule has 1 heterocycles. The number of carbonyl (C=O) groups excluding carboxylic acids is 1. The van der Waals surface area contributed by atoms with E-state index in [1.54, 1.807) is 12.1 Å². The highest BCUT2D eigenvalue weighted by Gasteiger charge is 2.28. The summed E-state index contributed by atoms with van der Waals surface area (Å²) in [6.07, 6.45) is 0.927. The van der Waals surface area contributed by atoms with E-state index in [-0.39, 0.29) is 42.5 Å². The lowest BCUT2D eigenvalue weighted by Crippen LogP contribution is -2.40. The fraction of sp³-hybridized carbons (Fsp3) is 0.435. The second-order valence-corrected chi connectivity index (χ2v) is 9.12. The van der Waals surface area contributed by atoms with E-state index in [9.17, 15) is 13.2 Å². The first-order valence-electron chi connectivity index (χ1n) is 10.7. The number of sulfonamides is 1. The van der Waals surface area contributed by atoms with Gasteiger partial charge in [0, 0.05) is 13.1 Å². The van der Waals surface area contributed by atoms with Crippen LogP contribution in [0, 0.1) is 0 Å². The summed E-state index contributed by atoms with van der Waals surface area (Å²) in [5.41, 5.74) is 0.0317. The van der Waals surface area contributed by atoms with E-state index in [0.29, 0.717) is 25.6 Å². The molecule has 0 saturated carbocycles. The zero-order valence-corrected chi connectivity index (χ0v) is 19.6. The summed E-state index contributed by atoms with van der Waals surface area (Å²) < 4.78 is 54.0. The molecule has 2 aromatic rings. The molecule has 1 aliphatic rings. The van der Waals surface area contributed by atoms with Crippen LogP contribution in [0.15, 0.2) is 47.4 Å². The predicted molar refractivity (Wildman–Crippen MR) is 121 cm³/mol. The van der Waals surface area contributed by atoms with Gasteiger partial charge in [0.1, 0.15) is 36.0 Å². The van der Waals surface area contributed by atoms with Gasteiger partial charge in [0.2, 0.25) is 10.0 Å². The molecule has 33 heavy (non-hydrogen) atoms. The van der Waals surface area contributed by atoms with E-state index >= 15 is 0 Å². The Morgan fingerprint density at radius 3 is 2.21 bits per heavy atom. The molecule has 1 aliphatic heterocycles. The number of methoxy groups -OCH3 is 1. The first kappa shape index (κ1) is 24.8. The van der Waals surface area contributed by atoms with Gasteiger partial charge in [-0.2, -0.15) is 4.31 Å². The normalized spacial score (nSPS) is 14.5. The van der Waals surface area contributed by atoms with Crippen molar-refractivity contribution < 1.29 is 36.9 Å². The number of hydrogen-bond acceptors (Lipinski definition) is 8. The number of rotatable bonds is 11. The highest BCUT2D eigenvalue weighted by molar-refractivity contribution is 7.89. The average Bonchev–Trinajstić information content (AvgIpc) is 2.86. The molecule has 0 bridgehead atoms. The van der Waals surface area contributed by atoms with Crippen LogP contribution in [-0.4, -0.2) is 71.9 Å². The molecule has 0 radical (unpaired) electrons. The van der Waals surface area contributed by atoms with E-state index in [0.717, 1.165) is 12.2 Å². The molecule has 9 nitrogen and oxygen atoms in total. The Kier molecular flexibility index (Phi) is 8.93. The van der Waals surface area contributed by atoms with Crippen LogP contribution in [0.3, 0.4) is 0 Å². The van der Waals surface area contributed by atoms with Gasteiger partial charge < -0.3 is 23.7 Å². The van der Waals surface area contributed by atoms with Gasteiger partial charge in [-0.15, -0.1) is 0 Å². The van der Waals surface area contributed by atoms with Gasteiger partial charge >= 0.3 is 5.97 Å². The fourth-order valence-corrected chi connectivity index (χ4v) is 4.60. The summed E-state index contributed by atoms with van der Waals surface area (Å²) in [7, 11) is -2.36. The predicted octanol–water partition coefficient (Wildman–Crippen LogP) is 2.74. The molecular weight excluding hydrogens is 450 g/mol. The Morgan fingerprint density at radius 2 is 1.61 bits per heavy atom. The number of esters is 1. The maximum atomic E-state index is 12.9. The molecule has 10 heteroatoms. The van der Waals surface area contributed by atoms with Crippen molar-refractivity contribution in [3.05, 3.63) is 48.0 Å². The Labute approximate surface area is 194 Å². The van der Waals surface area contributed by atoms with Gasteiger partial charge in [-0.3, -0.25) is 0 Å². The van der Waals surface area contributed by atoms with Crippen LogP contribution in [0.5, 0.6) is 17.2 Å². The third-order valence-corrected chi connectivity index (χ3v) is 6.78. The van der Waals surface area contributed by atoms with Crippen LogP contribution in [0.25, 0.3) is 0 Å². The van der Waals surface area contributed by atoms with Crippen LogP contribution in [0.2, 0.25) is 0 Å². The molecule has 0 amide bonds. The molecular formula is C23H29NO8S. The molecule has 0 atom stereocenters. The lowest BCUT2D eigenvalue weighted by molar-refractivity contribution is 0.0446. The zero-order chi connectivity index (χ0) is 23.7. The maximum Gasteiger partial charge on any atom is 0.342 e. The minimum absolute atomic E-state index is 0.00113. The molecule has 1 fully saturated rings. The Hall–Kier alpha value is -2.82. The maximum absolute atomic E-state index is 12.9. The molecule has 0 unspecified atom stereocenters. The first-order chi connectivity index (χ1) is 16.0. The van der Waals surface area contributed by atoms with Crippen molar-refractivity contribution in [3.8, 4) is 17.2 Å². The Balaban J connectivity index is 1.59. The number of hydrogen-bond donors (Lipinski definition) is 0. The van der Waals surface area contributed by atoms with Crippen LogP contribution in [0.4, 0.5) is 0 Å². The summed E-state index contributed by atoms with van der Waals surface area (Å²) in [5, 5.41) is 0. The second kappa shape index (κ2) is 11.9. The highest BCUT2D eigenvalue weighted by atomic mass is 32.2. The summed E-state index contributed by atoms with van der Waals surface area (Å²) in [6.45, 7) is 3.99. The minimum atomic E-state index is -3.76. The lowest BCUT2D eigenvalue weighted by Gasteiger charge is -2.26. The molecule has 180 valence electrons. The summed E-state index contributed by atoms with van der Waals surface area (Å²) in [5.74, 6) is 0.906. The molecule has 0 aromatic heterocycles. The van der Waals surface area contributed by atoms with Crippen LogP contribution < -0.4 is 14.2 Å². The zero-order valence-electron chi connectivity index (χ0n) is 18.8. The Morgan fingerprint density at radius 1 is 0.970 bits per heavy atom. The summed E-state index contributed by atoms with van der Waals surface area (Å²) in [6, 6.07) is 11.3. The van der Waals surface area contributed by atoms with E-state index in [4.69, 9.17) is 23.7 Å². The van der Waals surface area contributed by atoms with Crippen molar-refractivity contribution in [1.29, 1.82) is 0 Å². The summed E-state index contributed by atoms with van der Waals surface area (Å²) in [4.78, 5) is 12.6. The fourth-order valence-electron chi connectivity index (χ4n) is 3.17. The quantitative estimate of drug-likeness (QED) is 0.358. The summed E-state index contributed by atoms with van der Waals surface area (Å²) >= 11 is 0. The third kappa shape index (κ3) is 6.59. The van der Waals surface area contributed by atoms with Crippen molar-refractivity contribution in [3.63, 3.8) is 0 Å². The van der Waals surface area contributed by atoms with Gasteiger partial charge in [-0.1, -0.05) is 6.92 Å². The topological polar surface area (TPSA) is 101 Å². The molecule has 2 aromatic carbocycles. The van der Waals surface area contributed by atoms with Gasteiger partial charge in [-0.05, 0) is 48.9 Å². The molecule has 0 aliphatic carbocycles. The molecule has 0 spiro atoms. The average molecular weight is 480 g/mol. The van der Waals surface area contributed by atoms with Crippen molar-refractivity contribution in [2.24, 2.45) is 0 Å². The van der Waals surface area contributed by atoms with E-state index in [1.165, 1.54) is 29.6 Å². The standard InChI is InChI=1S/C23H29NO8S/c1-3-12-30-18-4-6-19(7-5-18)31-15-16-32-23(25)21-17-20(8-9-22(21)28-2)33(26,27)24-10-13-29-14-11-24/h4-9,17H,3,10-16H2,1-2H3. The van der Waals surface area contributed by atoms with E-state index in [1.807, 2.05) is 19.1 Å². The molecule has 3 rings (SSSR count). The number of benzene rings is 2. The molecule has 0 N–H and O–H groups in total. The van der Waals surface area contributed by atoms with Gasteiger partial charge in [0.05, 0.1) is 31.8 Å². The van der Waals surface area contributed by atoms with Crippen LogP contribution in [-0.2, 0) is 19.5 Å². The van der Waals surface area contributed by atoms with Crippen molar-refractivity contribution in [2.45, 2.75) is 18.2 Å². The van der Waals surface area contributed by atoms with Crippen molar-refractivity contribution in [1.82, 2.24) is 4.31 Å². The van der Waals surface area contributed by atoms with Gasteiger partial charge in [0.25, 0.3) is 0 Å². The number of nitrogens with zero attached hydrogens (tertiary/aromatic N) is 1. The SMILES string of the molecule is CCCOc1ccc(OCCOC(=O)c2cc(S(=O)(=O)N3CCOCC3)ccc2OC)cc1. The lowest BCUT2D eigenvalue weighted by atomic mass is 10.2. The number of morpholine rings is 1. The highest BCUT2D eigenvalue weighted by Crippen LogP contribution is 2.26. The smallest absolute Gasteiger partial charge is 0.342 e. The Bertz CT molecular complexity index is 1020. The number of carbonyl (C=O) groups is 1. The third-order valence-electron chi connectivity index (χ3n) is 4.88. The van der Waals surface area contributed by atoms with Crippen molar-refractivity contribution >= 4 is 16.0 Å². The van der Waals surface area contributed by atoms with Gasteiger partial charge in [-0.25, -0.2) is 13.2 Å². The molecule has 1 saturated heterocycles. The van der Waals surface area contributed by atoms with E-state index in [2.05, 4.69) is 0 Å². The van der Waals surface area contributed by atoms with E-state index < -0.39 is 16.0 Å². The van der Waals surface area contributed by atoms with Crippen LogP contribution >= 0.6 is 0 Å². The minimum Gasteiger partial charge on any atom is -0.496 e. The second-order valence-electron chi connectivity index (χ2n) is 7.18.